The Bertz CT molecular complexity index is 502. The molecule has 1 aromatic rings. The van der Waals surface area contributed by atoms with E-state index in [-0.39, 0.29) is 0 Å². The SMILES string of the molecule is C=CCOCc1nn(C(C)C)c2c1CCN(CC1CC1)C2. The van der Waals surface area contributed by atoms with Gasteiger partial charge in [0.1, 0.15) is 0 Å². The van der Waals surface area contributed by atoms with Gasteiger partial charge in [0.2, 0.25) is 0 Å². The summed E-state index contributed by atoms with van der Waals surface area (Å²) in [5.74, 6) is 0.956. The van der Waals surface area contributed by atoms with Crippen molar-refractivity contribution in [2.75, 3.05) is 19.7 Å². The molecule has 1 saturated carbocycles. The molecule has 0 radical (unpaired) electrons. The van der Waals surface area contributed by atoms with Crippen LogP contribution in [0.25, 0.3) is 0 Å². The molecule has 1 fully saturated rings. The van der Waals surface area contributed by atoms with Crippen molar-refractivity contribution >= 4 is 0 Å². The van der Waals surface area contributed by atoms with Crippen molar-refractivity contribution in [1.29, 1.82) is 0 Å². The number of hydrogen-bond donors (Lipinski definition) is 0. The fourth-order valence-electron chi connectivity index (χ4n) is 3.18. The first-order chi connectivity index (χ1) is 10.2. The molecule has 0 bridgehead atoms. The van der Waals surface area contributed by atoms with Crippen LogP contribution in [0.2, 0.25) is 0 Å². The molecule has 0 spiro atoms. The Morgan fingerprint density at radius 1 is 1.43 bits per heavy atom. The van der Waals surface area contributed by atoms with E-state index in [0.717, 1.165) is 24.6 Å². The Morgan fingerprint density at radius 2 is 2.24 bits per heavy atom. The molecule has 0 aromatic carbocycles. The lowest BCUT2D eigenvalue weighted by atomic mass is 10.0. The summed E-state index contributed by atoms with van der Waals surface area (Å²) >= 11 is 0. The van der Waals surface area contributed by atoms with Gasteiger partial charge >= 0.3 is 0 Å². The summed E-state index contributed by atoms with van der Waals surface area (Å²) in [5.41, 5.74) is 3.97. The van der Waals surface area contributed by atoms with Crippen LogP contribution in [0.3, 0.4) is 0 Å². The van der Waals surface area contributed by atoms with E-state index in [9.17, 15) is 0 Å². The van der Waals surface area contributed by atoms with Crippen molar-refractivity contribution in [1.82, 2.24) is 14.7 Å². The second-order valence-electron chi connectivity index (χ2n) is 6.64. The molecule has 0 unspecified atom stereocenters. The molecule has 2 aliphatic rings. The maximum absolute atomic E-state index is 5.62. The average molecular weight is 289 g/mol. The zero-order valence-corrected chi connectivity index (χ0v) is 13.3. The Hall–Kier alpha value is -1.13. The monoisotopic (exact) mass is 289 g/mol. The second kappa shape index (κ2) is 6.32. The van der Waals surface area contributed by atoms with Crippen molar-refractivity contribution in [3.05, 3.63) is 29.6 Å². The van der Waals surface area contributed by atoms with Crippen molar-refractivity contribution in [3.63, 3.8) is 0 Å². The Kier molecular flexibility index (Phi) is 4.45. The number of fused-ring (bicyclic) bond motifs is 1. The van der Waals surface area contributed by atoms with Crippen LogP contribution in [-0.4, -0.2) is 34.4 Å². The van der Waals surface area contributed by atoms with E-state index in [1.54, 1.807) is 6.08 Å². The van der Waals surface area contributed by atoms with E-state index >= 15 is 0 Å². The van der Waals surface area contributed by atoms with Crippen molar-refractivity contribution in [2.24, 2.45) is 5.92 Å². The topological polar surface area (TPSA) is 30.3 Å². The highest BCUT2D eigenvalue weighted by Gasteiger charge is 2.29. The van der Waals surface area contributed by atoms with Crippen molar-refractivity contribution in [3.8, 4) is 0 Å². The standard InChI is InChI=1S/C17H27N3O/c1-4-9-21-12-16-15-7-8-19(10-14-5-6-14)11-17(15)20(18-16)13(2)3/h4,13-14H,1,5-12H2,2-3H3. The van der Waals surface area contributed by atoms with Gasteiger partial charge in [0.05, 0.1) is 24.6 Å². The number of nitrogens with zero attached hydrogens (tertiary/aromatic N) is 3. The summed E-state index contributed by atoms with van der Waals surface area (Å²) in [7, 11) is 0. The van der Waals surface area contributed by atoms with Crippen LogP contribution in [0.5, 0.6) is 0 Å². The first-order valence-corrected chi connectivity index (χ1v) is 8.19. The maximum atomic E-state index is 5.62. The van der Waals surface area contributed by atoms with Crippen LogP contribution in [-0.2, 0) is 24.3 Å². The molecule has 1 aliphatic heterocycles. The molecule has 116 valence electrons. The third-order valence-electron chi connectivity index (χ3n) is 4.43. The highest BCUT2D eigenvalue weighted by Crippen LogP contribution is 2.32. The Balaban J connectivity index is 1.76. The van der Waals surface area contributed by atoms with Gasteiger partial charge < -0.3 is 4.74 Å². The van der Waals surface area contributed by atoms with Crippen LogP contribution < -0.4 is 0 Å². The molecular formula is C17H27N3O. The van der Waals surface area contributed by atoms with Gasteiger partial charge in [-0.25, -0.2) is 0 Å². The van der Waals surface area contributed by atoms with E-state index in [1.807, 2.05) is 0 Å². The largest absolute Gasteiger partial charge is 0.371 e. The fourth-order valence-corrected chi connectivity index (χ4v) is 3.18. The molecular weight excluding hydrogens is 262 g/mol. The number of hydrogen-bond acceptors (Lipinski definition) is 3. The molecule has 0 amide bonds. The van der Waals surface area contributed by atoms with Gasteiger partial charge in [-0.05, 0) is 39.0 Å². The lowest BCUT2D eigenvalue weighted by Gasteiger charge is -2.28. The van der Waals surface area contributed by atoms with Gasteiger partial charge in [-0.15, -0.1) is 6.58 Å². The number of rotatable bonds is 7. The van der Waals surface area contributed by atoms with Crippen LogP contribution in [0, 0.1) is 5.92 Å². The van der Waals surface area contributed by atoms with Gasteiger partial charge in [0.25, 0.3) is 0 Å². The minimum atomic E-state index is 0.410. The van der Waals surface area contributed by atoms with E-state index in [1.165, 1.54) is 37.2 Å². The molecule has 1 aromatic heterocycles. The molecule has 4 nitrogen and oxygen atoms in total. The summed E-state index contributed by atoms with van der Waals surface area (Å²) in [6, 6.07) is 0.410. The lowest BCUT2D eigenvalue weighted by Crippen LogP contribution is -2.33. The molecule has 0 N–H and O–H groups in total. The third kappa shape index (κ3) is 3.38. The first-order valence-electron chi connectivity index (χ1n) is 8.19. The minimum Gasteiger partial charge on any atom is -0.371 e. The van der Waals surface area contributed by atoms with Gasteiger partial charge in [-0.1, -0.05) is 6.08 Å². The second-order valence-corrected chi connectivity index (χ2v) is 6.64. The van der Waals surface area contributed by atoms with E-state index in [4.69, 9.17) is 9.84 Å². The van der Waals surface area contributed by atoms with Crippen LogP contribution >= 0.6 is 0 Å². The molecule has 3 rings (SSSR count). The molecule has 0 atom stereocenters. The quantitative estimate of drug-likeness (QED) is 0.571. The smallest absolute Gasteiger partial charge is 0.0917 e. The highest BCUT2D eigenvalue weighted by molar-refractivity contribution is 5.29. The van der Waals surface area contributed by atoms with Gasteiger partial charge in [-0.3, -0.25) is 9.58 Å². The van der Waals surface area contributed by atoms with E-state index in [2.05, 4.69) is 30.0 Å². The summed E-state index contributed by atoms with van der Waals surface area (Å²) in [4.78, 5) is 2.61. The zero-order valence-electron chi connectivity index (χ0n) is 13.3. The minimum absolute atomic E-state index is 0.410. The molecule has 2 heterocycles. The van der Waals surface area contributed by atoms with Crippen LogP contribution in [0.15, 0.2) is 12.7 Å². The summed E-state index contributed by atoms with van der Waals surface area (Å²) in [6.07, 6.45) is 5.76. The van der Waals surface area contributed by atoms with Crippen LogP contribution in [0.1, 0.15) is 49.7 Å². The predicted molar refractivity (Wildman–Crippen MR) is 84.2 cm³/mol. The zero-order chi connectivity index (χ0) is 14.8. The number of ether oxygens (including phenoxy) is 1. The van der Waals surface area contributed by atoms with Gasteiger partial charge in [0, 0.05) is 31.2 Å². The van der Waals surface area contributed by atoms with E-state index < -0.39 is 0 Å². The summed E-state index contributed by atoms with van der Waals surface area (Å²) in [6.45, 7) is 12.8. The average Bonchev–Trinajstić information content (AvgIpc) is 3.19. The summed E-state index contributed by atoms with van der Waals surface area (Å²) in [5, 5.41) is 4.82. The Labute approximate surface area is 127 Å². The van der Waals surface area contributed by atoms with Gasteiger partial charge in [0.15, 0.2) is 0 Å². The maximum Gasteiger partial charge on any atom is 0.0917 e. The lowest BCUT2D eigenvalue weighted by molar-refractivity contribution is 0.144. The first kappa shape index (κ1) is 14.8. The van der Waals surface area contributed by atoms with E-state index in [0.29, 0.717) is 19.3 Å². The molecule has 1 aliphatic carbocycles. The Morgan fingerprint density at radius 3 is 2.90 bits per heavy atom. The van der Waals surface area contributed by atoms with Crippen molar-refractivity contribution in [2.45, 2.75) is 52.3 Å². The predicted octanol–water partition coefficient (Wildman–Crippen LogP) is 2.93. The normalized spacial score (nSPS) is 19.0. The third-order valence-corrected chi connectivity index (χ3v) is 4.43. The highest BCUT2D eigenvalue weighted by atomic mass is 16.5. The van der Waals surface area contributed by atoms with Crippen molar-refractivity contribution < 1.29 is 4.74 Å². The molecule has 21 heavy (non-hydrogen) atoms. The van der Waals surface area contributed by atoms with Gasteiger partial charge in [-0.2, -0.15) is 5.10 Å². The number of aromatic nitrogens is 2. The molecule has 4 heteroatoms. The summed E-state index contributed by atoms with van der Waals surface area (Å²) < 4.78 is 7.83. The van der Waals surface area contributed by atoms with Crippen LogP contribution in [0.4, 0.5) is 0 Å². The molecule has 0 saturated heterocycles. The fraction of sp³-hybridized carbons (Fsp3) is 0.706.